The lowest BCUT2D eigenvalue weighted by Gasteiger charge is -1.96. The van der Waals surface area contributed by atoms with Crippen LogP contribution in [0.3, 0.4) is 0 Å². The van der Waals surface area contributed by atoms with E-state index in [2.05, 4.69) is 17.1 Å². The summed E-state index contributed by atoms with van der Waals surface area (Å²) in [5.41, 5.74) is 2.70. The van der Waals surface area contributed by atoms with Crippen molar-refractivity contribution in [1.82, 2.24) is 0 Å². The molecule has 56 valence electrons. The predicted octanol–water partition coefficient (Wildman–Crippen LogP) is 2.62. The first kappa shape index (κ1) is 6.59. The molecule has 0 bridgehead atoms. The zero-order valence-electron chi connectivity index (χ0n) is 6.46. The van der Waals surface area contributed by atoms with Gasteiger partial charge in [0.25, 0.3) is 0 Å². The Morgan fingerprint density at radius 1 is 1.09 bits per heavy atom. The molecule has 0 atom stereocenters. The summed E-state index contributed by atoms with van der Waals surface area (Å²) in [6.07, 6.45) is 13.8. The molecule has 0 N–H and O–H groups in total. The minimum Gasteiger partial charge on any atom is -0.261 e. The van der Waals surface area contributed by atoms with Crippen molar-refractivity contribution in [2.75, 3.05) is 0 Å². The number of nitrogens with zero attached hydrogens (tertiary/aromatic N) is 1. The van der Waals surface area contributed by atoms with E-state index >= 15 is 0 Å². The molecule has 1 heteroatoms. The molecule has 11 heavy (non-hydrogen) atoms. The maximum Gasteiger partial charge on any atom is 0.0435 e. The second-order valence-electron chi connectivity index (χ2n) is 2.85. The third kappa shape index (κ3) is 1.32. The third-order valence-corrected chi connectivity index (χ3v) is 2.07. The second-order valence-corrected chi connectivity index (χ2v) is 2.85. The van der Waals surface area contributed by atoms with Crippen LogP contribution in [0.5, 0.6) is 0 Å². The Hall–Kier alpha value is -1.11. The van der Waals surface area contributed by atoms with Crippen LogP contribution in [0.25, 0.3) is 0 Å². The van der Waals surface area contributed by atoms with E-state index in [9.17, 15) is 0 Å². The molecule has 2 aliphatic rings. The predicted molar refractivity (Wildman–Crippen MR) is 47.6 cm³/mol. The molecule has 0 radical (unpaired) electrons. The highest BCUT2D eigenvalue weighted by Crippen LogP contribution is 2.22. The zero-order chi connectivity index (χ0) is 7.52. The van der Waals surface area contributed by atoms with Gasteiger partial charge in [0.05, 0.1) is 0 Å². The van der Waals surface area contributed by atoms with E-state index in [-0.39, 0.29) is 0 Å². The monoisotopic (exact) mass is 145 g/mol. The number of hydrogen-bond donors (Lipinski definition) is 0. The van der Waals surface area contributed by atoms with Gasteiger partial charge in [0.2, 0.25) is 0 Å². The van der Waals surface area contributed by atoms with Crippen LogP contribution in [-0.4, -0.2) is 5.71 Å². The molecule has 0 aromatic rings. The Balaban J connectivity index is 2.35. The molecule has 1 heterocycles. The van der Waals surface area contributed by atoms with E-state index in [0.29, 0.717) is 0 Å². The van der Waals surface area contributed by atoms with Crippen LogP contribution in [0.4, 0.5) is 0 Å². The van der Waals surface area contributed by atoms with Crippen LogP contribution in [0.15, 0.2) is 41.1 Å². The molecule has 1 aliphatic heterocycles. The molecular formula is C10H11N. The molecule has 0 saturated heterocycles. The zero-order valence-corrected chi connectivity index (χ0v) is 6.46. The number of allylic oxidation sites excluding steroid dienone is 5. The van der Waals surface area contributed by atoms with Crippen molar-refractivity contribution < 1.29 is 0 Å². The van der Waals surface area contributed by atoms with Crippen molar-refractivity contribution in [1.29, 1.82) is 0 Å². The van der Waals surface area contributed by atoms with E-state index in [1.807, 2.05) is 18.4 Å². The topological polar surface area (TPSA) is 12.4 Å². The highest BCUT2D eigenvalue weighted by molar-refractivity contribution is 6.02. The van der Waals surface area contributed by atoms with Crippen LogP contribution >= 0.6 is 0 Å². The highest BCUT2D eigenvalue weighted by Gasteiger charge is 2.13. The fraction of sp³-hybridized carbons (Fsp3) is 0.300. The first-order chi connectivity index (χ1) is 5.47. The second kappa shape index (κ2) is 2.87. The number of fused-ring (bicyclic) bond motifs is 1. The third-order valence-electron chi connectivity index (χ3n) is 2.07. The van der Waals surface area contributed by atoms with E-state index in [0.717, 1.165) is 6.42 Å². The fourth-order valence-corrected chi connectivity index (χ4v) is 1.50. The van der Waals surface area contributed by atoms with Crippen LogP contribution < -0.4 is 0 Å². The molecule has 0 aromatic carbocycles. The number of hydrogen-bond acceptors (Lipinski definition) is 1. The maximum atomic E-state index is 4.36. The summed E-state index contributed by atoms with van der Waals surface area (Å²) in [4.78, 5) is 4.36. The molecule has 1 nitrogen and oxygen atoms in total. The van der Waals surface area contributed by atoms with Crippen molar-refractivity contribution in [3.63, 3.8) is 0 Å². The summed E-state index contributed by atoms with van der Waals surface area (Å²) in [5.74, 6) is 0. The van der Waals surface area contributed by atoms with E-state index in [1.54, 1.807) is 0 Å². The van der Waals surface area contributed by atoms with Gasteiger partial charge in [-0.15, -0.1) is 0 Å². The summed E-state index contributed by atoms with van der Waals surface area (Å²) < 4.78 is 0. The van der Waals surface area contributed by atoms with Gasteiger partial charge < -0.3 is 0 Å². The van der Waals surface area contributed by atoms with E-state index in [4.69, 9.17) is 0 Å². The minimum absolute atomic E-state index is 1.16. The summed E-state index contributed by atoms with van der Waals surface area (Å²) in [7, 11) is 0. The molecule has 0 unspecified atom stereocenters. The average Bonchev–Trinajstić information content (AvgIpc) is 2.35. The largest absolute Gasteiger partial charge is 0.261 e. The van der Waals surface area contributed by atoms with Crippen molar-refractivity contribution in [2.45, 2.75) is 19.3 Å². The minimum atomic E-state index is 1.16. The summed E-state index contributed by atoms with van der Waals surface area (Å²) in [5, 5.41) is 0. The lowest BCUT2D eigenvalue weighted by molar-refractivity contribution is 0.946. The Bertz CT molecular complexity index is 239. The highest BCUT2D eigenvalue weighted by atomic mass is 14.7. The van der Waals surface area contributed by atoms with Crippen LogP contribution in [0.2, 0.25) is 0 Å². The normalized spacial score (nSPS) is 37.1. The van der Waals surface area contributed by atoms with Gasteiger partial charge in [-0.3, -0.25) is 4.99 Å². The molecule has 1 fully saturated rings. The van der Waals surface area contributed by atoms with Gasteiger partial charge in [-0.1, -0.05) is 18.2 Å². The van der Waals surface area contributed by atoms with Gasteiger partial charge in [0.15, 0.2) is 0 Å². The quantitative estimate of drug-likeness (QED) is 0.497. The van der Waals surface area contributed by atoms with Crippen LogP contribution in [0, 0.1) is 0 Å². The molecule has 1 saturated carbocycles. The van der Waals surface area contributed by atoms with Gasteiger partial charge in [-0.25, -0.2) is 0 Å². The van der Waals surface area contributed by atoms with Gasteiger partial charge >= 0.3 is 0 Å². The van der Waals surface area contributed by atoms with Crippen molar-refractivity contribution >= 4 is 5.71 Å². The van der Waals surface area contributed by atoms with Gasteiger partial charge in [-0.05, 0) is 30.9 Å². The SMILES string of the molecule is C1=C\N=C2\CCC\C2=C/C=C/1. The lowest BCUT2D eigenvalue weighted by atomic mass is 10.2. The van der Waals surface area contributed by atoms with Gasteiger partial charge in [0.1, 0.15) is 0 Å². The summed E-state index contributed by atoms with van der Waals surface area (Å²) in [6.45, 7) is 0. The number of aliphatic imine (C=N–C) groups is 1. The average molecular weight is 145 g/mol. The van der Waals surface area contributed by atoms with Crippen LogP contribution in [-0.2, 0) is 0 Å². The molecule has 1 aliphatic carbocycles. The smallest absolute Gasteiger partial charge is 0.0435 e. The standard InChI is InChI=1S/C10H11N/c1-2-5-9-6-4-7-10(9)11-8-3-1/h1-3,5,8H,4,6-7H2/b2-1+,3-1?,5-2?,8-3-,9-5+,11-8?,11-10-. The van der Waals surface area contributed by atoms with Crippen molar-refractivity contribution in [3.8, 4) is 0 Å². The molecular weight excluding hydrogens is 134 g/mol. The lowest BCUT2D eigenvalue weighted by Crippen LogP contribution is -1.92. The first-order valence-electron chi connectivity index (χ1n) is 4.06. The molecule has 0 amide bonds. The summed E-state index contributed by atoms with van der Waals surface area (Å²) in [6, 6.07) is 0. The molecule has 2 rings (SSSR count). The fourth-order valence-electron chi connectivity index (χ4n) is 1.50. The van der Waals surface area contributed by atoms with E-state index < -0.39 is 0 Å². The van der Waals surface area contributed by atoms with Gasteiger partial charge in [-0.2, -0.15) is 0 Å². The Morgan fingerprint density at radius 3 is 3.09 bits per heavy atom. The number of rotatable bonds is 0. The maximum absolute atomic E-state index is 4.36. The molecule has 0 spiro atoms. The Labute approximate surface area is 66.8 Å². The Kier molecular flexibility index (Phi) is 1.72. The first-order valence-corrected chi connectivity index (χ1v) is 4.06. The van der Waals surface area contributed by atoms with Crippen LogP contribution in [0.1, 0.15) is 19.3 Å². The van der Waals surface area contributed by atoms with Gasteiger partial charge in [0, 0.05) is 11.9 Å². The van der Waals surface area contributed by atoms with Crippen molar-refractivity contribution in [3.05, 3.63) is 36.1 Å². The van der Waals surface area contributed by atoms with E-state index in [1.165, 1.54) is 24.1 Å². The Morgan fingerprint density at radius 2 is 2.09 bits per heavy atom. The summed E-state index contributed by atoms with van der Waals surface area (Å²) >= 11 is 0. The van der Waals surface area contributed by atoms with Crippen molar-refractivity contribution in [2.24, 2.45) is 4.99 Å². The molecule has 0 aromatic heterocycles.